The number of aliphatic hydroxyl groups excluding tert-OH is 3. The maximum absolute atomic E-state index is 14.5. The van der Waals surface area contributed by atoms with E-state index in [4.69, 9.17) is 71.3 Å². The fraction of sp³-hybridized carbons (Fsp3) is 0.380. The summed E-state index contributed by atoms with van der Waals surface area (Å²) in [6.45, 7) is 1.44. The van der Waals surface area contributed by atoms with Crippen LogP contribution in [0.1, 0.15) is 158 Å². The van der Waals surface area contributed by atoms with E-state index in [-0.39, 0.29) is 101 Å². The molecule has 3 fully saturated rings. The number of aromatic nitrogens is 7. The summed E-state index contributed by atoms with van der Waals surface area (Å²) in [6.07, 6.45) is 7.37. The maximum atomic E-state index is 14.5. The zero-order valence-electron chi connectivity index (χ0n) is 59.6. The average molecular weight is 1770 g/mol. The van der Waals surface area contributed by atoms with Crippen molar-refractivity contribution in [2.75, 3.05) is 49.0 Å². The first-order valence-corrected chi connectivity index (χ1v) is 43.5. The van der Waals surface area contributed by atoms with Gasteiger partial charge in [0.05, 0.1) is 92.1 Å². The highest BCUT2D eigenvalue weighted by Gasteiger charge is 2.45. The van der Waals surface area contributed by atoms with Crippen LogP contribution in [-0.4, -0.2) is 162 Å². The molecule has 0 radical (unpaired) electrons. The summed E-state index contributed by atoms with van der Waals surface area (Å²) in [7, 11) is -12.3. The molecule has 10 heterocycles. The molecule has 12 atom stereocenters. The van der Waals surface area contributed by atoms with Gasteiger partial charge in [-0.15, -0.1) is 34.0 Å². The highest BCUT2D eigenvalue weighted by molar-refractivity contribution is 7.84. The van der Waals surface area contributed by atoms with Crippen LogP contribution in [0, 0.1) is 24.7 Å². The standard InChI is InChI=1S/C24H24ClF2N5O6S2.C24H25ClN4O6S2.C23H23Cl2N5O5S2/c1-11-14(22-20-16(2-3-19(25)32-20)24(26,27)9-37-22)6-18(39-11)21(34)15-7-29-10-30-23(15)31-13-4-12(17(33)5-13)8-38-40(28,35)36;25-16-2-1-13-3-4-34-23(18(13)7-16)15-6-21(36-11-15)22(31)19-9-27-12-28-24(19)29-17-5-14(20(30)8-17)10-35-37(26,32)33;24-13-2-1-11-7-28-20(15(11)4-13)16-6-19(36-22(16)25)21(32)17-8-27-10-29-23(17)30-14-3-12(18(31)5-14)9-35-37(26,33)34/h2-3,6-7,10,12-13,17,22,33H,4-5,8-9H2,1H3,(H2,28,35,36)(H,29,30,31);1-2,6-7,9,11-12,14,17,20,23,30H,3-5,8,10H2,(H2,26,32,33)(H,27,28,29);1-2,4,6,8,10,12,14,18,20,28,31H,3,5,7,9H2,(H2,26,33,34)(H,27,29,30)/t12-,13-,17+,22?;14-,17-,20+,23?;12-,14-,18+,20?/m111/s1. The number of aliphatic hydroxyl groups is 3. The minimum Gasteiger partial charge on any atom is -0.393 e. The Hall–Kier alpha value is -7.27. The van der Waals surface area contributed by atoms with Crippen LogP contribution in [0.3, 0.4) is 0 Å². The van der Waals surface area contributed by atoms with Gasteiger partial charge in [0.1, 0.15) is 60.4 Å². The van der Waals surface area contributed by atoms with Crippen LogP contribution in [0.15, 0.2) is 110 Å². The third kappa shape index (κ3) is 20.5. The quantitative estimate of drug-likeness (QED) is 0.0199. The first-order valence-electron chi connectivity index (χ1n) is 35.0. The lowest BCUT2D eigenvalue weighted by molar-refractivity contribution is -0.117. The second-order valence-corrected chi connectivity index (χ2v) is 36.5. The number of thiophene rings is 3. The molecule has 3 aliphatic heterocycles. The minimum absolute atomic E-state index is 0.00481. The highest BCUT2D eigenvalue weighted by Crippen LogP contribution is 2.47. The van der Waals surface area contributed by atoms with Gasteiger partial charge in [-0.3, -0.25) is 26.9 Å². The summed E-state index contributed by atoms with van der Waals surface area (Å²) in [6, 6.07) is 18.2. The molecule has 13 N–H and O–H groups in total. The molecule has 0 spiro atoms. The lowest BCUT2D eigenvalue weighted by Crippen LogP contribution is -2.31. The highest BCUT2D eigenvalue weighted by atomic mass is 35.5. The van der Waals surface area contributed by atoms with Crippen LogP contribution in [0.5, 0.6) is 0 Å². The number of hydrogen-bond acceptors (Lipinski definition) is 31. The molecule has 0 bridgehead atoms. The lowest BCUT2D eigenvalue weighted by atomic mass is 9.94. The molecule has 15 rings (SSSR count). The third-order valence-electron chi connectivity index (χ3n) is 20.0. The molecule has 0 amide bonds. The average Bonchev–Trinajstić information content (AvgIpc) is 1.40. The van der Waals surface area contributed by atoms with Gasteiger partial charge >= 0.3 is 30.9 Å². The second-order valence-electron chi connectivity index (χ2n) is 27.8. The number of ether oxygens (including phenoxy) is 2. The molecule has 2 aromatic carbocycles. The smallest absolute Gasteiger partial charge is 0.333 e. The van der Waals surface area contributed by atoms with Gasteiger partial charge in [-0.05, 0) is 140 Å². The van der Waals surface area contributed by atoms with E-state index in [1.54, 1.807) is 19.1 Å². The molecule has 7 aromatic heterocycles. The zero-order chi connectivity index (χ0) is 81.3. The van der Waals surface area contributed by atoms with E-state index in [0.29, 0.717) is 102 Å². The van der Waals surface area contributed by atoms with E-state index in [9.17, 15) is 63.7 Å². The largest absolute Gasteiger partial charge is 0.393 e. The summed E-state index contributed by atoms with van der Waals surface area (Å²) in [5.74, 6) is -4.65. The van der Waals surface area contributed by atoms with Crippen molar-refractivity contribution in [2.24, 2.45) is 33.2 Å². The van der Waals surface area contributed by atoms with E-state index < -0.39 is 91.4 Å². The molecule has 43 heteroatoms. The maximum Gasteiger partial charge on any atom is 0.333 e. The fourth-order valence-electron chi connectivity index (χ4n) is 14.5. The van der Waals surface area contributed by atoms with Crippen LogP contribution in [0.25, 0.3) is 0 Å². The van der Waals surface area contributed by atoms with Gasteiger partial charge in [0.25, 0.3) is 5.92 Å². The normalized spacial score (nSPS) is 23.6. The van der Waals surface area contributed by atoms with E-state index in [1.807, 2.05) is 47.8 Å². The molecular weight excluding hydrogens is 1690 g/mol. The Kier molecular flexibility index (Phi) is 26.4. The predicted octanol–water partition coefficient (Wildman–Crippen LogP) is 9.00. The third-order valence-corrected chi connectivity index (χ3v) is 25.5. The zero-order valence-corrected chi connectivity index (χ0v) is 67.6. The molecule has 0 saturated heterocycles. The lowest BCUT2D eigenvalue weighted by Gasteiger charge is -2.30. The van der Waals surface area contributed by atoms with Crippen LogP contribution in [0.4, 0.5) is 26.2 Å². The molecule has 606 valence electrons. The first-order chi connectivity index (χ1) is 54.1. The molecule has 6 aliphatic rings. The number of alkyl halides is 2. The Morgan fingerprint density at radius 3 is 1.57 bits per heavy atom. The van der Waals surface area contributed by atoms with Gasteiger partial charge < -0.3 is 46.1 Å². The van der Waals surface area contributed by atoms with Gasteiger partial charge in [0.2, 0.25) is 17.3 Å². The van der Waals surface area contributed by atoms with Crippen molar-refractivity contribution in [3.63, 3.8) is 0 Å². The SMILES string of the molecule is Cc1sc(C(=O)c2cncnc2N[C@@H]2C[C@H](COS(N)(=O)=O)[C@@H](O)C2)cc1C1OCC(F)(F)c2ccc(Cl)nc21.NS(=O)(=O)OC[C@H]1C[C@@H](Nc2ncncc2C(=O)c2cc(C3NCc4ccc(Cl)cc43)c(Cl)s2)C[C@@H]1O.NS(=O)(=O)OC[C@H]1C[C@@H](Nc2ncncc2C(=O)c2cc(C3OCCc4ccc(Cl)cc43)cs2)C[C@@H]1O. The van der Waals surface area contributed by atoms with Crippen LogP contribution >= 0.6 is 80.4 Å². The first kappa shape index (κ1) is 84.6. The number of halogens is 6. The number of nitrogens with one attached hydrogen (secondary N) is 4. The number of pyridine rings is 1. The minimum atomic E-state index is -4.15. The second kappa shape index (κ2) is 35.5. The summed E-state index contributed by atoms with van der Waals surface area (Å²) in [4.78, 5) is 71.3. The van der Waals surface area contributed by atoms with E-state index in [1.165, 1.54) is 77.9 Å². The molecule has 9 aromatic rings. The monoisotopic (exact) mass is 1760 g/mol. The van der Waals surface area contributed by atoms with Crippen LogP contribution < -0.4 is 36.7 Å². The molecule has 3 saturated carbocycles. The number of ketones is 3. The number of carbonyl (C=O) groups is 3. The number of nitrogens with two attached hydrogens (primary N) is 3. The summed E-state index contributed by atoms with van der Waals surface area (Å²) < 4.78 is 122. The Labute approximate surface area is 683 Å². The van der Waals surface area contributed by atoms with Crippen molar-refractivity contribution in [2.45, 2.75) is 119 Å². The van der Waals surface area contributed by atoms with Gasteiger partial charge in [-0.25, -0.2) is 50.3 Å². The number of nitrogens with zero attached hydrogens (tertiary/aromatic N) is 7. The van der Waals surface area contributed by atoms with Gasteiger partial charge in [-0.1, -0.05) is 58.5 Å². The van der Waals surface area contributed by atoms with Crippen molar-refractivity contribution < 1.29 is 85.8 Å². The van der Waals surface area contributed by atoms with Crippen molar-refractivity contribution >= 4 is 146 Å². The topological polar surface area (TPSA) is 477 Å². The molecule has 3 unspecified atom stereocenters. The van der Waals surface area contributed by atoms with E-state index >= 15 is 0 Å². The van der Waals surface area contributed by atoms with E-state index in [0.717, 1.165) is 45.6 Å². The molecular formula is C71H72Cl4F2N14O17S6. The summed E-state index contributed by atoms with van der Waals surface area (Å²) >= 11 is 28.7. The number of aryl methyl sites for hydroxylation is 1. The number of fused-ring (bicyclic) bond motifs is 3. The number of hydrogen-bond donors (Lipinski definition) is 10. The van der Waals surface area contributed by atoms with Crippen LogP contribution in [-0.2, 0) is 71.8 Å². The van der Waals surface area contributed by atoms with Crippen molar-refractivity contribution in [1.29, 1.82) is 0 Å². The van der Waals surface area contributed by atoms with Crippen LogP contribution in [0.2, 0.25) is 19.5 Å². The summed E-state index contributed by atoms with van der Waals surface area (Å²) in [5.41, 5.74) is 6.94. The molecule has 31 nitrogen and oxygen atoms in total. The molecule has 114 heavy (non-hydrogen) atoms. The van der Waals surface area contributed by atoms with Crippen molar-refractivity contribution in [3.05, 3.63) is 216 Å². The Balaban J connectivity index is 0.000000149. The van der Waals surface area contributed by atoms with Crippen molar-refractivity contribution in [1.82, 2.24) is 40.2 Å². The Bertz CT molecular complexity index is 5470. The Morgan fingerprint density at radius 2 is 1.06 bits per heavy atom. The van der Waals surface area contributed by atoms with Crippen molar-refractivity contribution in [3.8, 4) is 0 Å². The van der Waals surface area contributed by atoms with Gasteiger partial charge in [0, 0.05) is 92.6 Å². The predicted molar refractivity (Wildman–Crippen MR) is 419 cm³/mol. The Morgan fingerprint density at radius 1 is 0.588 bits per heavy atom. The number of rotatable bonds is 24. The number of benzene rings is 2. The number of carbonyl (C=O) groups excluding carboxylic acids is 3. The number of anilines is 3. The fourth-order valence-corrected chi connectivity index (χ4v) is 19.3. The van der Waals surface area contributed by atoms with Gasteiger partial charge in [0.15, 0.2) is 0 Å². The summed E-state index contributed by atoms with van der Waals surface area (Å²) in [5, 5.41) is 61.8. The van der Waals surface area contributed by atoms with Gasteiger partial charge in [-0.2, -0.15) is 34.0 Å². The molecule has 3 aliphatic carbocycles. The van der Waals surface area contributed by atoms with E-state index in [2.05, 4.69) is 68.7 Å².